The van der Waals surface area contributed by atoms with Gasteiger partial charge >= 0.3 is 13.6 Å². The van der Waals surface area contributed by atoms with Crippen LogP contribution in [0.15, 0.2) is 29.8 Å². The van der Waals surface area contributed by atoms with E-state index >= 15 is 0 Å². The van der Waals surface area contributed by atoms with Crippen molar-refractivity contribution in [3.63, 3.8) is 0 Å². The Morgan fingerprint density at radius 3 is 2.05 bits per heavy atom. The molecule has 1 aromatic rings. The lowest BCUT2D eigenvalue weighted by Crippen LogP contribution is -2.02. The van der Waals surface area contributed by atoms with E-state index in [0.717, 1.165) is 0 Å². The number of rotatable bonds is 6. The van der Waals surface area contributed by atoms with Gasteiger partial charge in [0, 0.05) is 21.1 Å². The van der Waals surface area contributed by atoms with E-state index in [-0.39, 0.29) is 5.50 Å². The highest BCUT2D eigenvalue weighted by Gasteiger charge is 2.31. The third-order valence-corrected chi connectivity index (χ3v) is 4.13. The molecule has 0 spiro atoms. The van der Waals surface area contributed by atoms with Gasteiger partial charge in [-0.1, -0.05) is 12.1 Å². The van der Waals surface area contributed by atoms with Crippen molar-refractivity contribution in [3.05, 3.63) is 35.3 Å². The van der Waals surface area contributed by atoms with Gasteiger partial charge in [-0.05, 0) is 23.8 Å². The van der Waals surface area contributed by atoms with Crippen LogP contribution in [0.5, 0.6) is 5.75 Å². The van der Waals surface area contributed by atoms with Crippen LogP contribution in [0.3, 0.4) is 0 Å². The number of carbonyl (C=O) groups excluding carboxylic acids is 1. The average Bonchev–Trinajstić information content (AvgIpc) is 2.46. The number of hydrogen-bond donors (Lipinski definition) is 0. The molecule has 0 saturated heterocycles. The molecule has 6 nitrogen and oxygen atoms in total. The molecule has 0 N–H and O–H groups in total. The molecule has 1 rings (SSSR count). The number of esters is 1. The molecule has 0 amide bonds. The Morgan fingerprint density at radius 2 is 1.65 bits per heavy atom. The van der Waals surface area contributed by atoms with Gasteiger partial charge in [0.05, 0.1) is 7.11 Å². The minimum absolute atomic E-state index is 0.167. The average molecular weight is 300 g/mol. The van der Waals surface area contributed by atoms with Gasteiger partial charge in [0.2, 0.25) is 5.50 Å². The van der Waals surface area contributed by atoms with Gasteiger partial charge in [-0.2, -0.15) is 0 Å². The highest BCUT2D eigenvalue weighted by molar-refractivity contribution is 7.58. The lowest BCUT2D eigenvalue weighted by molar-refractivity contribution is -0.136. The summed E-state index contributed by atoms with van der Waals surface area (Å²) in [5.41, 5.74) is 0.497. The van der Waals surface area contributed by atoms with Gasteiger partial charge in [0.25, 0.3) is 0 Å². The lowest BCUT2D eigenvalue weighted by atomic mass is 10.2. The lowest BCUT2D eigenvalue weighted by Gasteiger charge is -2.16. The number of methoxy groups -OCH3 is 1. The van der Waals surface area contributed by atoms with Crippen LogP contribution in [0.4, 0.5) is 0 Å². The molecule has 7 heteroatoms. The van der Waals surface area contributed by atoms with Crippen molar-refractivity contribution in [1.29, 1.82) is 0 Å². The zero-order valence-electron chi connectivity index (χ0n) is 11.8. The molecule has 0 aliphatic carbocycles. The second-order valence-corrected chi connectivity index (χ2v) is 5.88. The van der Waals surface area contributed by atoms with Crippen LogP contribution in [-0.4, -0.2) is 27.3 Å². The third-order valence-electron chi connectivity index (χ3n) is 2.40. The van der Waals surface area contributed by atoms with Gasteiger partial charge in [0.1, 0.15) is 5.75 Å². The fourth-order valence-corrected chi connectivity index (χ4v) is 2.47. The van der Waals surface area contributed by atoms with Gasteiger partial charge in [0.15, 0.2) is 0 Å². The van der Waals surface area contributed by atoms with Crippen LogP contribution in [0.25, 0.3) is 6.08 Å². The summed E-state index contributed by atoms with van der Waals surface area (Å²) in [6, 6.07) is 6.89. The van der Waals surface area contributed by atoms with Crippen LogP contribution < -0.4 is 4.74 Å². The summed E-state index contributed by atoms with van der Waals surface area (Å²) >= 11 is 0. The maximum Gasteiger partial charge on any atom is 0.395 e. The number of carbonyl (C=O) groups is 1. The van der Waals surface area contributed by atoms with Crippen LogP contribution >= 0.6 is 7.60 Å². The maximum absolute atomic E-state index is 12.3. The van der Waals surface area contributed by atoms with Crippen molar-refractivity contribution < 1.29 is 27.9 Å². The molecule has 0 aromatic heterocycles. The Morgan fingerprint density at radius 1 is 1.10 bits per heavy atom. The Kier molecular flexibility index (Phi) is 5.95. The number of ether oxygens (including phenoxy) is 2. The van der Waals surface area contributed by atoms with Crippen LogP contribution in [0, 0.1) is 0 Å². The summed E-state index contributed by atoms with van der Waals surface area (Å²) in [5.74, 6) is 0.0666. The topological polar surface area (TPSA) is 71.1 Å². The largest absolute Gasteiger partial charge is 0.497 e. The molecule has 0 radical (unpaired) electrons. The minimum Gasteiger partial charge on any atom is -0.497 e. The van der Waals surface area contributed by atoms with Gasteiger partial charge < -0.3 is 18.5 Å². The second kappa shape index (κ2) is 7.24. The van der Waals surface area contributed by atoms with E-state index in [9.17, 15) is 9.36 Å². The fourth-order valence-electron chi connectivity index (χ4n) is 1.41. The maximum atomic E-state index is 12.3. The van der Waals surface area contributed by atoms with Crippen molar-refractivity contribution in [3.8, 4) is 5.75 Å². The molecule has 0 unspecified atom stereocenters. The number of benzene rings is 1. The van der Waals surface area contributed by atoms with Crippen LogP contribution in [-0.2, 0) is 23.1 Å². The molecule has 0 aliphatic heterocycles. The van der Waals surface area contributed by atoms with E-state index in [2.05, 4.69) is 0 Å². The molecule has 0 bridgehead atoms. The molecule has 0 atom stereocenters. The molecular formula is C13H17O6P. The molecule has 0 fully saturated rings. The molecule has 0 aliphatic rings. The zero-order chi connectivity index (χ0) is 15.2. The molecule has 110 valence electrons. The van der Waals surface area contributed by atoms with Crippen molar-refractivity contribution in [2.45, 2.75) is 6.92 Å². The van der Waals surface area contributed by atoms with Gasteiger partial charge in [-0.3, -0.25) is 9.36 Å². The second-order valence-electron chi connectivity index (χ2n) is 3.71. The van der Waals surface area contributed by atoms with E-state index in [1.807, 2.05) is 0 Å². The molecule has 0 saturated carbocycles. The van der Waals surface area contributed by atoms with Gasteiger partial charge in [-0.25, -0.2) is 0 Å². The highest BCUT2D eigenvalue weighted by Crippen LogP contribution is 2.55. The van der Waals surface area contributed by atoms with E-state index in [0.29, 0.717) is 11.3 Å². The van der Waals surface area contributed by atoms with Crippen molar-refractivity contribution in [2.75, 3.05) is 21.3 Å². The summed E-state index contributed by atoms with van der Waals surface area (Å²) in [4.78, 5) is 11.1. The predicted molar refractivity (Wildman–Crippen MR) is 74.4 cm³/mol. The Balaban J connectivity index is 3.17. The predicted octanol–water partition coefficient (Wildman–Crippen LogP) is 3.04. The van der Waals surface area contributed by atoms with Crippen molar-refractivity contribution >= 4 is 19.6 Å². The molecule has 0 heterocycles. The normalized spacial score (nSPS) is 12.1. The monoisotopic (exact) mass is 300 g/mol. The fraction of sp³-hybridized carbons (Fsp3) is 0.308. The zero-order valence-corrected chi connectivity index (χ0v) is 12.7. The summed E-state index contributed by atoms with van der Waals surface area (Å²) in [6.45, 7) is 1.21. The molecular weight excluding hydrogens is 283 g/mol. The Bertz CT molecular complexity index is 526. The smallest absolute Gasteiger partial charge is 0.395 e. The summed E-state index contributed by atoms with van der Waals surface area (Å²) in [6.07, 6.45) is 1.43. The van der Waals surface area contributed by atoms with Crippen LogP contribution in [0.2, 0.25) is 0 Å². The van der Waals surface area contributed by atoms with Crippen molar-refractivity contribution in [1.82, 2.24) is 0 Å². The summed E-state index contributed by atoms with van der Waals surface area (Å²) < 4.78 is 31.9. The first-order chi connectivity index (χ1) is 9.45. The molecule has 1 aromatic carbocycles. The first-order valence-corrected chi connectivity index (χ1v) is 7.25. The van der Waals surface area contributed by atoms with E-state index in [4.69, 9.17) is 18.5 Å². The Hall–Kier alpha value is -1.62. The van der Waals surface area contributed by atoms with Crippen molar-refractivity contribution in [2.24, 2.45) is 0 Å². The first kappa shape index (κ1) is 16.4. The summed E-state index contributed by atoms with van der Waals surface area (Å²) in [5, 5.41) is 0. The van der Waals surface area contributed by atoms with Crippen LogP contribution in [0.1, 0.15) is 12.5 Å². The first-order valence-electron chi connectivity index (χ1n) is 5.71. The van der Waals surface area contributed by atoms with E-state index in [1.165, 1.54) is 27.2 Å². The molecule has 20 heavy (non-hydrogen) atoms. The van der Waals surface area contributed by atoms with E-state index in [1.54, 1.807) is 31.4 Å². The van der Waals surface area contributed by atoms with Gasteiger partial charge in [-0.15, -0.1) is 0 Å². The Labute approximate surface area is 117 Å². The standard InChI is InChI=1S/C13H17O6P/c1-10(14)19-13(20(15,17-3)18-4)9-11-5-7-12(16-2)8-6-11/h5-9H,1-4H3/b13-9+. The third kappa shape index (κ3) is 4.20. The van der Waals surface area contributed by atoms with E-state index < -0.39 is 13.6 Å². The number of hydrogen-bond acceptors (Lipinski definition) is 6. The summed E-state index contributed by atoms with van der Waals surface area (Å²) in [7, 11) is 0.348. The highest BCUT2D eigenvalue weighted by atomic mass is 31.2. The quantitative estimate of drug-likeness (QED) is 0.457. The SMILES string of the molecule is COc1ccc(/C=C(\OC(C)=O)P(=O)(OC)OC)cc1. The minimum atomic E-state index is -3.64.